The van der Waals surface area contributed by atoms with Crippen LogP contribution in [0.15, 0.2) is 12.2 Å². The van der Waals surface area contributed by atoms with Gasteiger partial charge in [-0.15, -0.1) is 0 Å². The summed E-state index contributed by atoms with van der Waals surface area (Å²) in [5.41, 5.74) is -1.32. The van der Waals surface area contributed by atoms with E-state index in [1.54, 1.807) is 0 Å². The summed E-state index contributed by atoms with van der Waals surface area (Å²) in [6.07, 6.45) is 8.46. The Morgan fingerprint density at radius 2 is 1.25 bits per heavy atom. The van der Waals surface area contributed by atoms with Gasteiger partial charge in [0.1, 0.15) is 0 Å². The second kappa shape index (κ2) is 2.90. The summed E-state index contributed by atoms with van der Waals surface area (Å²) in [5.74, 6) is -1.53. The summed E-state index contributed by atoms with van der Waals surface area (Å²) >= 11 is 0. The predicted molar refractivity (Wildman–Crippen MR) is 56.7 cm³/mol. The fourth-order valence-electron chi connectivity index (χ4n) is 3.88. The highest BCUT2D eigenvalue weighted by Crippen LogP contribution is 2.61. The smallest absolute Gasteiger partial charge is 0.265 e. The Bertz CT molecular complexity index is 396. The highest BCUT2D eigenvalue weighted by atomic mass is 16.2. The van der Waals surface area contributed by atoms with Crippen LogP contribution in [0.3, 0.4) is 0 Å². The Morgan fingerprint density at radius 1 is 0.812 bits per heavy atom. The molecule has 0 unspecified atom stereocenters. The van der Waals surface area contributed by atoms with Crippen molar-refractivity contribution in [3.05, 3.63) is 12.2 Å². The molecule has 0 amide bonds. The molecule has 2 atom stereocenters. The van der Waals surface area contributed by atoms with Gasteiger partial charge in [-0.25, -0.2) is 0 Å². The molecule has 3 nitrogen and oxygen atoms in total. The average Bonchev–Trinajstić information content (AvgIpc) is 2.51. The van der Waals surface area contributed by atoms with Crippen LogP contribution in [0.2, 0.25) is 0 Å². The number of rotatable bonds is 0. The molecule has 0 saturated heterocycles. The normalized spacial score (nSPS) is 42.1. The molecule has 0 aromatic carbocycles. The van der Waals surface area contributed by atoms with Gasteiger partial charge < -0.3 is 0 Å². The fourth-order valence-corrected chi connectivity index (χ4v) is 3.88. The van der Waals surface area contributed by atoms with Gasteiger partial charge in [-0.3, -0.25) is 14.4 Å². The largest absolute Gasteiger partial charge is 0.290 e. The summed E-state index contributed by atoms with van der Waals surface area (Å²) < 4.78 is 0. The van der Waals surface area contributed by atoms with E-state index in [1.807, 2.05) is 12.2 Å². The maximum atomic E-state index is 12.1. The van der Waals surface area contributed by atoms with E-state index in [1.165, 1.54) is 0 Å². The van der Waals surface area contributed by atoms with Crippen LogP contribution in [0, 0.1) is 10.8 Å². The van der Waals surface area contributed by atoms with Crippen LogP contribution >= 0.6 is 0 Å². The van der Waals surface area contributed by atoms with Crippen molar-refractivity contribution in [1.29, 1.82) is 0 Å². The summed E-state index contributed by atoms with van der Waals surface area (Å²) in [4.78, 5) is 35.9. The maximum Gasteiger partial charge on any atom is 0.265 e. The van der Waals surface area contributed by atoms with Gasteiger partial charge in [0, 0.05) is 0 Å². The molecule has 0 heterocycles. The van der Waals surface area contributed by atoms with Gasteiger partial charge >= 0.3 is 0 Å². The molecule has 3 aliphatic rings. The highest BCUT2D eigenvalue weighted by Gasteiger charge is 2.69. The molecule has 2 saturated carbocycles. The van der Waals surface area contributed by atoms with Crippen LogP contribution in [0.5, 0.6) is 0 Å². The minimum atomic E-state index is -0.731. The van der Waals surface area contributed by atoms with E-state index < -0.39 is 28.2 Å². The lowest BCUT2D eigenvalue weighted by Gasteiger charge is -2.47. The molecule has 16 heavy (non-hydrogen) atoms. The first-order valence-electron chi connectivity index (χ1n) is 5.93. The monoisotopic (exact) mass is 218 g/mol. The Labute approximate surface area is 93.9 Å². The molecule has 0 aromatic heterocycles. The predicted octanol–water partition coefficient (Wildman–Crippen LogP) is 1.60. The second-order valence-electron chi connectivity index (χ2n) is 5.24. The molecule has 0 radical (unpaired) electrons. The molecule has 2 fully saturated rings. The third kappa shape index (κ3) is 0.841. The van der Waals surface area contributed by atoms with Crippen molar-refractivity contribution in [2.45, 2.75) is 38.5 Å². The summed E-state index contributed by atoms with van der Waals surface area (Å²) in [6.45, 7) is 0. The van der Waals surface area contributed by atoms with Crippen molar-refractivity contribution < 1.29 is 14.4 Å². The van der Waals surface area contributed by atoms with Crippen LogP contribution in [-0.2, 0) is 14.4 Å². The van der Waals surface area contributed by atoms with E-state index in [9.17, 15) is 14.4 Å². The van der Waals surface area contributed by atoms with Crippen molar-refractivity contribution in [2.24, 2.45) is 10.8 Å². The number of allylic oxidation sites excluding steroid dienone is 2. The lowest BCUT2D eigenvalue weighted by Crippen LogP contribution is -2.48. The molecule has 0 bridgehead atoms. The SMILES string of the molecule is O=C1C(=O)[C@]23CC=CC[C@@]2(CCCC3)C1=O. The van der Waals surface area contributed by atoms with Crippen molar-refractivity contribution in [2.75, 3.05) is 0 Å². The number of carbonyl (C=O) groups excluding carboxylic acids is 3. The minimum Gasteiger partial charge on any atom is -0.290 e. The van der Waals surface area contributed by atoms with Crippen LogP contribution in [0.25, 0.3) is 0 Å². The molecule has 84 valence electrons. The fraction of sp³-hybridized carbons (Fsp3) is 0.615. The number of carbonyl (C=O) groups is 3. The molecule has 0 aliphatic heterocycles. The molecular weight excluding hydrogens is 204 g/mol. The third-order valence-corrected chi connectivity index (χ3v) is 4.75. The molecular formula is C13H14O3. The van der Waals surface area contributed by atoms with E-state index in [0.29, 0.717) is 25.7 Å². The molecule has 3 heteroatoms. The van der Waals surface area contributed by atoms with Crippen LogP contribution in [0.4, 0.5) is 0 Å². The minimum absolute atomic E-state index is 0.401. The zero-order valence-corrected chi connectivity index (χ0v) is 9.12. The summed E-state index contributed by atoms with van der Waals surface area (Å²) in [5, 5.41) is 0. The van der Waals surface area contributed by atoms with Crippen LogP contribution in [0.1, 0.15) is 38.5 Å². The highest BCUT2D eigenvalue weighted by molar-refractivity contribution is 6.69. The average molecular weight is 218 g/mol. The lowest BCUT2D eigenvalue weighted by molar-refractivity contribution is -0.142. The van der Waals surface area contributed by atoms with Gasteiger partial charge in [-0.1, -0.05) is 25.0 Å². The lowest BCUT2D eigenvalue weighted by atomic mass is 9.53. The van der Waals surface area contributed by atoms with Crippen molar-refractivity contribution in [1.82, 2.24) is 0 Å². The van der Waals surface area contributed by atoms with Gasteiger partial charge in [0.25, 0.3) is 5.78 Å². The van der Waals surface area contributed by atoms with Crippen LogP contribution in [-0.4, -0.2) is 17.3 Å². The Balaban J connectivity index is 2.23. The quantitative estimate of drug-likeness (QED) is 0.458. The van der Waals surface area contributed by atoms with Gasteiger partial charge in [-0.05, 0) is 25.7 Å². The van der Waals surface area contributed by atoms with E-state index in [2.05, 4.69) is 0 Å². The van der Waals surface area contributed by atoms with Gasteiger partial charge in [0.2, 0.25) is 11.6 Å². The van der Waals surface area contributed by atoms with E-state index in [-0.39, 0.29) is 0 Å². The second-order valence-corrected chi connectivity index (χ2v) is 5.24. The van der Waals surface area contributed by atoms with Crippen molar-refractivity contribution in [3.63, 3.8) is 0 Å². The topological polar surface area (TPSA) is 51.2 Å². The molecule has 3 aliphatic carbocycles. The molecule has 0 N–H and O–H groups in total. The van der Waals surface area contributed by atoms with Gasteiger partial charge in [0.05, 0.1) is 10.8 Å². The first kappa shape index (κ1) is 9.94. The molecule has 3 rings (SSSR count). The molecule has 0 spiro atoms. The zero-order chi connectivity index (χ0) is 11.4. The summed E-state index contributed by atoms with van der Waals surface area (Å²) in [6, 6.07) is 0. The first-order chi connectivity index (χ1) is 7.64. The van der Waals surface area contributed by atoms with E-state index in [0.717, 1.165) is 12.8 Å². The zero-order valence-electron chi connectivity index (χ0n) is 9.12. The Hall–Kier alpha value is -1.25. The summed E-state index contributed by atoms with van der Waals surface area (Å²) in [7, 11) is 0. The van der Waals surface area contributed by atoms with Crippen LogP contribution < -0.4 is 0 Å². The Kier molecular flexibility index (Phi) is 1.80. The first-order valence-corrected chi connectivity index (χ1v) is 5.93. The maximum absolute atomic E-state index is 12.1. The van der Waals surface area contributed by atoms with Gasteiger partial charge in [0.15, 0.2) is 0 Å². The molecule has 0 aromatic rings. The van der Waals surface area contributed by atoms with E-state index >= 15 is 0 Å². The third-order valence-electron chi connectivity index (χ3n) is 4.75. The number of hydrogen-bond donors (Lipinski definition) is 0. The van der Waals surface area contributed by atoms with E-state index in [4.69, 9.17) is 0 Å². The Morgan fingerprint density at radius 3 is 1.69 bits per heavy atom. The van der Waals surface area contributed by atoms with Crippen molar-refractivity contribution in [3.8, 4) is 0 Å². The number of Topliss-reactive ketones (excluding diaryl/α,β-unsaturated/α-hetero) is 3. The van der Waals surface area contributed by atoms with Gasteiger partial charge in [-0.2, -0.15) is 0 Å². The standard InChI is InChI=1S/C13H14O3/c14-9-10(15)12-5-1-2-6-13(12,11(9)16)8-4-3-7-12/h1-2H,3-8H2/t12-,13-/m1/s1. The number of hydrogen-bond acceptors (Lipinski definition) is 3. The number of ketones is 3. The van der Waals surface area contributed by atoms with Crippen molar-refractivity contribution >= 4 is 17.3 Å².